The molecule has 0 aromatic carbocycles. The number of rotatable bonds is 1. The molecule has 0 radical (unpaired) electrons. The molecule has 5 aliphatic rings. The van der Waals surface area contributed by atoms with Gasteiger partial charge >= 0.3 is 0 Å². The summed E-state index contributed by atoms with van der Waals surface area (Å²) in [5, 5.41) is 0. The summed E-state index contributed by atoms with van der Waals surface area (Å²) in [5.74, 6) is 2.94. The Balaban J connectivity index is 1.46. The van der Waals surface area contributed by atoms with Crippen molar-refractivity contribution >= 4 is 5.78 Å². The molecule has 4 aliphatic carbocycles. The first-order chi connectivity index (χ1) is 12.4. The lowest BCUT2D eigenvalue weighted by molar-refractivity contribution is -0.214. The fourth-order valence-electron chi connectivity index (χ4n) is 8.07. The van der Waals surface area contributed by atoms with E-state index in [1.807, 2.05) is 0 Å². The minimum Gasteiger partial charge on any atom is -0.348 e. The van der Waals surface area contributed by atoms with Crippen LogP contribution < -0.4 is 0 Å². The molecule has 1 aliphatic heterocycles. The fraction of sp³-hybridized carbons (Fsp3) is 0.870. The molecule has 0 N–H and O–H groups in total. The highest BCUT2D eigenvalue weighted by atomic mass is 16.7. The van der Waals surface area contributed by atoms with Crippen LogP contribution >= 0.6 is 0 Å². The molecule has 0 bridgehead atoms. The van der Waals surface area contributed by atoms with Crippen LogP contribution in [0.2, 0.25) is 0 Å². The number of carbonyl (C=O) groups is 1. The summed E-state index contributed by atoms with van der Waals surface area (Å²) in [4.78, 5) is 12.0. The average molecular weight is 359 g/mol. The van der Waals surface area contributed by atoms with Crippen molar-refractivity contribution < 1.29 is 14.3 Å². The van der Waals surface area contributed by atoms with E-state index in [0.717, 1.165) is 50.2 Å². The van der Waals surface area contributed by atoms with Gasteiger partial charge in [0, 0.05) is 18.8 Å². The highest BCUT2D eigenvalue weighted by molar-refractivity contribution is 5.82. The van der Waals surface area contributed by atoms with Gasteiger partial charge in [-0.1, -0.05) is 25.5 Å². The number of ether oxygens (including phenoxy) is 2. The van der Waals surface area contributed by atoms with Crippen molar-refractivity contribution in [1.29, 1.82) is 0 Å². The lowest BCUT2D eigenvalue weighted by atomic mass is 9.47. The molecule has 6 atom stereocenters. The van der Waals surface area contributed by atoms with E-state index < -0.39 is 0 Å². The molecule has 1 heterocycles. The molecule has 26 heavy (non-hydrogen) atoms. The van der Waals surface area contributed by atoms with E-state index in [1.165, 1.54) is 37.7 Å². The van der Waals surface area contributed by atoms with Gasteiger partial charge in [0.05, 0.1) is 13.2 Å². The second-order valence-electron chi connectivity index (χ2n) is 10.4. The third-order valence-corrected chi connectivity index (χ3v) is 9.43. The van der Waals surface area contributed by atoms with E-state index in [1.54, 1.807) is 0 Å². The SMILES string of the molecule is CC1([C@H]2CC[C@H]3[C@@H]4CC=C5CC(=O)CC[C@]5(C)[C@H]4CC[C@]23C)OCCO1. The van der Waals surface area contributed by atoms with Crippen LogP contribution in [0.4, 0.5) is 0 Å². The molecule has 3 heteroatoms. The van der Waals surface area contributed by atoms with Crippen molar-refractivity contribution in [2.24, 2.45) is 34.5 Å². The first kappa shape index (κ1) is 17.4. The van der Waals surface area contributed by atoms with Crippen molar-refractivity contribution in [2.75, 3.05) is 13.2 Å². The van der Waals surface area contributed by atoms with Crippen molar-refractivity contribution in [2.45, 2.75) is 77.9 Å². The summed E-state index contributed by atoms with van der Waals surface area (Å²) >= 11 is 0. The smallest absolute Gasteiger partial charge is 0.169 e. The van der Waals surface area contributed by atoms with Crippen LogP contribution in [0.1, 0.15) is 72.1 Å². The van der Waals surface area contributed by atoms with Crippen LogP contribution in [-0.4, -0.2) is 24.8 Å². The number of carbonyl (C=O) groups excluding carboxylic acids is 1. The Morgan fingerprint density at radius 2 is 1.77 bits per heavy atom. The molecule has 0 aromatic rings. The molecule has 3 nitrogen and oxygen atoms in total. The van der Waals surface area contributed by atoms with Gasteiger partial charge in [-0.15, -0.1) is 0 Å². The maximum absolute atomic E-state index is 12.0. The minimum atomic E-state index is -0.368. The standard InChI is InChI=1S/C23H34O3/c1-21-10-8-16(24)14-15(21)4-5-17-18-6-7-20(23(3)25-12-13-26-23)22(18,2)11-9-19(17)21/h4,17-20H,5-14H2,1-3H3/t17-,18-,19-,20-,21-,22-/m0/s1. The van der Waals surface area contributed by atoms with Crippen molar-refractivity contribution in [1.82, 2.24) is 0 Å². The number of Topliss-reactive ketones (excluding diaryl/α,β-unsaturated/α-hetero) is 1. The van der Waals surface area contributed by atoms with Gasteiger partial charge in [-0.2, -0.15) is 0 Å². The Bertz CT molecular complexity index is 646. The molecule has 5 rings (SSSR count). The predicted molar refractivity (Wildman–Crippen MR) is 101 cm³/mol. The Hall–Kier alpha value is -0.670. The predicted octanol–water partition coefficient (Wildman–Crippen LogP) is 4.90. The summed E-state index contributed by atoms with van der Waals surface area (Å²) < 4.78 is 12.2. The van der Waals surface area contributed by atoms with Gasteiger partial charge in [0.25, 0.3) is 0 Å². The molecule has 0 spiro atoms. The second-order valence-corrected chi connectivity index (χ2v) is 10.4. The summed E-state index contributed by atoms with van der Waals surface area (Å²) in [7, 11) is 0. The van der Waals surface area contributed by atoms with E-state index in [9.17, 15) is 4.79 Å². The Morgan fingerprint density at radius 1 is 1.00 bits per heavy atom. The normalized spacial score (nSPS) is 50.0. The fourth-order valence-corrected chi connectivity index (χ4v) is 8.07. The van der Waals surface area contributed by atoms with Gasteiger partial charge in [-0.25, -0.2) is 0 Å². The van der Waals surface area contributed by atoms with Crippen LogP contribution in [0.3, 0.4) is 0 Å². The minimum absolute atomic E-state index is 0.278. The monoisotopic (exact) mass is 358 g/mol. The van der Waals surface area contributed by atoms with Gasteiger partial charge in [-0.05, 0) is 74.0 Å². The zero-order valence-corrected chi connectivity index (χ0v) is 16.7. The molecular formula is C23H34O3. The zero-order chi connectivity index (χ0) is 18.2. The average Bonchev–Trinajstić information content (AvgIpc) is 3.19. The largest absolute Gasteiger partial charge is 0.348 e. The molecule has 0 aromatic heterocycles. The van der Waals surface area contributed by atoms with Crippen LogP contribution in [0, 0.1) is 34.5 Å². The summed E-state index contributed by atoms with van der Waals surface area (Å²) in [5.41, 5.74) is 2.09. The number of allylic oxidation sites excluding steroid dienone is 2. The van der Waals surface area contributed by atoms with E-state index in [2.05, 4.69) is 26.8 Å². The summed E-state index contributed by atoms with van der Waals surface area (Å²) in [6.45, 7) is 8.70. The Morgan fingerprint density at radius 3 is 2.54 bits per heavy atom. The van der Waals surface area contributed by atoms with Crippen molar-refractivity contribution in [3.8, 4) is 0 Å². The first-order valence-corrected chi connectivity index (χ1v) is 10.9. The third-order valence-electron chi connectivity index (χ3n) is 9.43. The summed E-state index contributed by atoms with van der Waals surface area (Å²) in [6.07, 6.45) is 11.4. The molecule has 0 amide bonds. The van der Waals surface area contributed by atoms with E-state index in [0.29, 0.717) is 17.1 Å². The third kappa shape index (κ3) is 2.22. The molecule has 0 unspecified atom stereocenters. The van der Waals surface area contributed by atoms with Crippen molar-refractivity contribution in [3.63, 3.8) is 0 Å². The first-order valence-electron chi connectivity index (χ1n) is 10.9. The number of hydrogen-bond acceptors (Lipinski definition) is 3. The van der Waals surface area contributed by atoms with Gasteiger partial charge < -0.3 is 9.47 Å². The van der Waals surface area contributed by atoms with Gasteiger partial charge in [0.2, 0.25) is 0 Å². The molecule has 1 saturated heterocycles. The Kier molecular flexibility index (Phi) is 3.80. The van der Waals surface area contributed by atoms with Crippen molar-refractivity contribution in [3.05, 3.63) is 11.6 Å². The Labute approximate surface area is 157 Å². The van der Waals surface area contributed by atoms with E-state index >= 15 is 0 Å². The lowest BCUT2D eigenvalue weighted by Gasteiger charge is -2.58. The lowest BCUT2D eigenvalue weighted by Crippen LogP contribution is -2.53. The number of fused-ring (bicyclic) bond motifs is 5. The second kappa shape index (κ2) is 5.67. The maximum Gasteiger partial charge on any atom is 0.169 e. The number of hydrogen-bond donors (Lipinski definition) is 0. The van der Waals surface area contributed by atoms with Crippen LogP contribution in [0.15, 0.2) is 11.6 Å². The molecular weight excluding hydrogens is 324 g/mol. The van der Waals surface area contributed by atoms with Gasteiger partial charge in [0.15, 0.2) is 5.79 Å². The van der Waals surface area contributed by atoms with Crippen LogP contribution in [0.5, 0.6) is 0 Å². The van der Waals surface area contributed by atoms with E-state index in [4.69, 9.17) is 9.47 Å². The summed E-state index contributed by atoms with van der Waals surface area (Å²) in [6, 6.07) is 0. The molecule has 144 valence electrons. The molecule has 3 saturated carbocycles. The topological polar surface area (TPSA) is 35.5 Å². The quantitative estimate of drug-likeness (QED) is 0.626. The zero-order valence-electron chi connectivity index (χ0n) is 16.7. The maximum atomic E-state index is 12.0. The van der Waals surface area contributed by atoms with Gasteiger partial charge in [-0.3, -0.25) is 4.79 Å². The molecule has 4 fully saturated rings. The van der Waals surface area contributed by atoms with E-state index in [-0.39, 0.29) is 11.2 Å². The van der Waals surface area contributed by atoms with Crippen LogP contribution in [0.25, 0.3) is 0 Å². The highest BCUT2D eigenvalue weighted by Gasteiger charge is 2.62. The highest BCUT2D eigenvalue weighted by Crippen LogP contribution is 2.67. The number of ketones is 1. The van der Waals surface area contributed by atoms with Crippen LogP contribution in [-0.2, 0) is 14.3 Å². The van der Waals surface area contributed by atoms with Gasteiger partial charge in [0.1, 0.15) is 5.78 Å².